The summed E-state index contributed by atoms with van der Waals surface area (Å²) in [5.41, 5.74) is 4.23. The van der Waals surface area contributed by atoms with Crippen molar-refractivity contribution in [1.29, 1.82) is 0 Å². The summed E-state index contributed by atoms with van der Waals surface area (Å²) >= 11 is 0. The number of rotatable bonds is 5. The summed E-state index contributed by atoms with van der Waals surface area (Å²) in [4.78, 5) is 14.8. The first-order chi connectivity index (χ1) is 14.8. The lowest BCUT2D eigenvalue weighted by Gasteiger charge is -2.28. The highest BCUT2D eigenvalue weighted by Crippen LogP contribution is 2.34. The van der Waals surface area contributed by atoms with Crippen LogP contribution in [-0.2, 0) is 17.6 Å². The summed E-state index contributed by atoms with van der Waals surface area (Å²) in [6.45, 7) is 2.22. The average molecular weight is 405 g/mol. The summed E-state index contributed by atoms with van der Waals surface area (Å²) < 4.78 is 11.7. The number of piperidine rings is 1. The number of nitrogens with zero attached hydrogens (tertiary/aromatic N) is 1. The van der Waals surface area contributed by atoms with Crippen LogP contribution >= 0.6 is 0 Å². The summed E-state index contributed by atoms with van der Waals surface area (Å²) in [6.07, 6.45) is 8.28. The van der Waals surface area contributed by atoms with E-state index in [0.29, 0.717) is 5.75 Å². The molecule has 1 N–H and O–H groups in total. The first-order valence-corrected chi connectivity index (χ1v) is 11.1. The summed E-state index contributed by atoms with van der Waals surface area (Å²) in [7, 11) is 0. The fraction of sp³-hybridized carbons (Fsp3) is 0.400. The van der Waals surface area contributed by atoms with E-state index in [0.717, 1.165) is 48.3 Å². The van der Waals surface area contributed by atoms with Crippen molar-refractivity contribution in [2.45, 2.75) is 44.9 Å². The van der Waals surface area contributed by atoms with Crippen molar-refractivity contribution >= 4 is 28.3 Å². The first-order valence-electron chi connectivity index (χ1n) is 11.1. The molecule has 0 spiro atoms. The number of anilines is 2. The molecule has 5 heteroatoms. The monoisotopic (exact) mass is 404 g/mol. The Morgan fingerprint density at radius 2 is 1.77 bits per heavy atom. The van der Waals surface area contributed by atoms with Gasteiger partial charge < -0.3 is 19.4 Å². The molecule has 1 aliphatic heterocycles. The molecule has 30 heavy (non-hydrogen) atoms. The van der Waals surface area contributed by atoms with Crippen LogP contribution in [0.3, 0.4) is 0 Å². The van der Waals surface area contributed by atoms with Gasteiger partial charge in [0, 0.05) is 41.8 Å². The van der Waals surface area contributed by atoms with Crippen molar-refractivity contribution in [2.24, 2.45) is 0 Å². The van der Waals surface area contributed by atoms with Crippen molar-refractivity contribution in [3.8, 4) is 5.75 Å². The second-order valence-electron chi connectivity index (χ2n) is 8.30. The molecule has 2 aliphatic rings. The molecule has 1 saturated heterocycles. The van der Waals surface area contributed by atoms with Gasteiger partial charge >= 0.3 is 0 Å². The SMILES string of the molecule is O=C(COc1ccc2oc3c(c2c1)CCCC3)Nc1ccc(N2CCCCC2)cc1. The van der Waals surface area contributed by atoms with Gasteiger partial charge in [-0.3, -0.25) is 4.79 Å². The molecule has 0 unspecified atom stereocenters. The molecule has 1 aliphatic carbocycles. The normalized spacial score (nSPS) is 16.3. The molecule has 0 atom stereocenters. The van der Waals surface area contributed by atoms with Gasteiger partial charge in [0.15, 0.2) is 6.61 Å². The number of ether oxygens (including phenoxy) is 1. The van der Waals surface area contributed by atoms with Crippen LogP contribution in [0.2, 0.25) is 0 Å². The smallest absolute Gasteiger partial charge is 0.262 e. The zero-order valence-corrected chi connectivity index (χ0v) is 17.3. The van der Waals surface area contributed by atoms with Crippen LogP contribution in [0.4, 0.5) is 11.4 Å². The van der Waals surface area contributed by atoms with Gasteiger partial charge in [-0.1, -0.05) is 0 Å². The zero-order valence-electron chi connectivity index (χ0n) is 17.3. The maximum atomic E-state index is 12.4. The number of hydrogen-bond donors (Lipinski definition) is 1. The Hall–Kier alpha value is -2.95. The van der Waals surface area contributed by atoms with Crippen LogP contribution in [-0.4, -0.2) is 25.6 Å². The van der Waals surface area contributed by atoms with Gasteiger partial charge in [0.1, 0.15) is 17.1 Å². The first kappa shape index (κ1) is 19.0. The van der Waals surface area contributed by atoms with Gasteiger partial charge in [0.25, 0.3) is 5.91 Å². The number of furan rings is 1. The predicted molar refractivity (Wildman–Crippen MR) is 119 cm³/mol. The Morgan fingerprint density at radius 3 is 2.60 bits per heavy atom. The van der Waals surface area contributed by atoms with Crippen LogP contribution in [0.5, 0.6) is 5.75 Å². The molecule has 0 bridgehead atoms. The quantitative estimate of drug-likeness (QED) is 0.625. The topological polar surface area (TPSA) is 54.7 Å². The van der Waals surface area contributed by atoms with E-state index in [1.165, 1.54) is 43.4 Å². The van der Waals surface area contributed by atoms with Gasteiger partial charge in [-0.15, -0.1) is 0 Å². The molecule has 5 rings (SSSR count). The molecule has 0 saturated carbocycles. The number of benzene rings is 2. The van der Waals surface area contributed by atoms with E-state index in [4.69, 9.17) is 9.15 Å². The molecular formula is C25H28N2O3. The highest BCUT2D eigenvalue weighted by Gasteiger charge is 2.18. The fourth-order valence-corrected chi connectivity index (χ4v) is 4.59. The largest absolute Gasteiger partial charge is 0.484 e. The lowest BCUT2D eigenvalue weighted by atomic mass is 9.96. The van der Waals surface area contributed by atoms with Gasteiger partial charge in [0.05, 0.1) is 0 Å². The van der Waals surface area contributed by atoms with Crippen LogP contribution < -0.4 is 15.0 Å². The van der Waals surface area contributed by atoms with Crippen LogP contribution in [0, 0.1) is 0 Å². The number of hydrogen-bond acceptors (Lipinski definition) is 4. The lowest BCUT2D eigenvalue weighted by Crippen LogP contribution is -2.29. The van der Waals surface area contributed by atoms with Crippen molar-refractivity contribution in [3.63, 3.8) is 0 Å². The number of carbonyl (C=O) groups is 1. The Balaban J connectivity index is 1.19. The van der Waals surface area contributed by atoms with Gasteiger partial charge in [0.2, 0.25) is 0 Å². The van der Waals surface area contributed by atoms with Crippen molar-refractivity contribution < 1.29 is 13.9 Å². The number of carbonyl (C=O) groups excluding carboxylic acids is 1. The molecule has 2 aromatic carbocycles. The average Bonchev–Trinajstić information content (AvgIpc) is 3.17. The molecule has 2 heterocycles. The molecule has 3 aromatic rings. The minimum absolute atomic E-state index is 0.0145. The molecular weight excluding hydrogens is 376 g/mol. The van der Waals surface area contributed by atoms with E-state index in [1.54, 1.807) is 0 Å². The fourth-order valence-electron chi connectivity index (χ4n) is 4.59. The van der Waals surface area contributed by atoms with Crippen LogP contribution in [0.1, 0.15) is 43.4 Å². The number of aryl methyl sites for hydroxylation is 2. The van der Waals surface area contributed by atoms with Crippen molar-refractivity contribution in [2.75, 3.05) is 29.9 Å². The molecule has 1 fully saturated rings. The zero-order chi connectivity index (χ0) is 20.3. The number of fused-ring (bicyclic) bond motifs is 3. The summed E-state index contributed by atoms with van der Waals surface area (Å²) in [6, 6.07) is 13.9. The summed E-state index contributed by atoms with van der Waals surface area (Å²) in [5, 5.41) is 4.04. The van der Waals surface area contributed by atoms with E-state index in [2.05, 4.69) is 22.3 Å². The third-order valence-electron chi connectivity index (χ3n) is 6.17. The predicted octanol–water partition coefficient (Wildman–Crippen LogP) is 5.32. The van der Waals surface area contributed by atoms with Gasteiger partial charge in [-0.2, -0.15) is 0 Å². The summed E-state index contributed by atoms with van der Waals surface area (Å²) in [5.74, 6) is 1.65. The Morgan fingerprint density at radius 1 is 0.967 bits per heavy atom. The van der Waals surface area contributed by atoms with Crippen LogP contribution in [0.25, 0.3) is 11.0 Å². The minimum Gasteiger partial charge on any atom is -0.484 e. The second-order valence-corrected chi connectivity index (χ2v) is 8.30. The van der Waals surface area contributed by atoms with Gasteiger partial charge in [-0.05, 0) is 81.0 Å². The van der Waals surface area contributed by atoms with E-state index >= 15 is 0 Å². The Labute approximate surface area is 177 Å². The second kappa shape index (κ2) is 8.42. The minimum atomic E-state index is -0.157. The molecule has 0 radical (unpaired) electrons. The third kappa shape index (κ3) is 4.02. The number of amides is 1. The van der Waals surface area contributed by atoms with E-state index in [9.17, 15) is 4.79 Å². The van der Waals surface area contributed by atoms with E-state index < -0.39 is 0 Å². The molecule has 1 aromatic heterocycles. The highest BCUT2D eigenvalue weighted by atomic mass is 16.5. The van der Waals surface area contributed by atoms with Crippen molar-refractivity contribution in [3.05, 3.63) is 53.8 Å². The van der Waals surface area contributed by atoms with Crippen molar-refractivity contribution in [1.82, 2.24) is 0 Å². The van der Waals surface area contributed by atoms with E-state index in [-0.39, 0.29) is 12.5 Å². The Kier molecular flexibility index (Phi) is 5.35. The molecule has 1 amide bonds. The standard InChI is InChI=1S/C25H28N2O3/c28-25(26-18-8-10-19(11-9-18)27-14-4-1-5-15-27)17-29-20-12-13-24-22(16-20)21-6-2-3-7-23(21)30-24/h8-13,16H,1-7,14-15,17H2,(H,26,28). The third-order valence-corrected chi connectivity index (χ3v) is 6.17. The molecule has 5 nitrogen and oxygen atoms in total. The Bertz CT molecular complexity index is 1030. The number of nitrogens with one attached hydrogen (secondary N) is 1. The lowest BCUT2D eigenvalue weighted by molar-refractivity contribution is -0.118. The maximum Gasteiger partial charge on any atom is 0.262 e. The van der Waals surface area contributed by atoms with E-state index in [1.807, 2.05) is 30.3 Å². The molecule has 156 valence electrons. The highest BCUT2D eigenvalue weighted by molar-refractivity contribution is 5.92. The van der Waals surface area contributed by atoms with Crippen LogP contribution in [0.15, 0.2) is 46.9 Å². The van der Waals surface area contributed by atoms with Gasteiger partial charge in [-0.25, -0.2) is 0 Å². The maximum absolute atomic E-state index is 12.4.